The highest BCUT2D eigenvalue weighted by atomic mass is 32.2. The summed E-state index contributed by atoms with van der Waals surface area (Å²) in [4.78, 5) is 14.3. The van der Waals surface area contributed by atoms with E-state index in [9.17, 15) is 13.2 Å². The number of hydrogen-bond acceptors (Lipinski definition) is 4. The maximum absolute atomic E-state index is 13.4. The summed E-state index contributed by atoms with van der Waals surface area (Å²) in [5, 5.41) is 1.36. The second-order valence-corrected chi connectivity index (χ2v) is 9.57. The molecule has 7 heteroatoms. The van der Waals surface area contributed by atoms with Gasteiger partial charge in [0.15, 0.2) is 0 Å². The second kappa shape index (κ2) is 5.28. The van der Waals surface area contributed by atoms with Crippen molar-refractivity contribution in [2.24, 2.45) is 17.6 Å². The van der Waals surface area contributed by atoms with Gasteiger partial charge in [-0.2, -0.15) is 4.31 Å². The van der Waals surface area contributed by atoms with Crippen LogP contribution in [0.3, 0.4) is 0 Å². The van der Waals surface area contributed by atoms with Gasteiger partial charge in [0.25, 0.3) is 5.91 Å². The Bertz CT molecular complexity index is 1050. The molecular formula is C19H21N3O3S. The van der Waals surface area contributed by atoms with Gasteiger partial charge in [-0.3, -0.25) is 4.79 Å². The SMILES string of the molecule is CN1C(=O)c2cccc3c(S(=O)(=O)N4CC5CCC(N)C5C4)ccc1c23. The Labute approximate surface area is 152 Å². The highest BCUT2D eigenvalue weighted by molar-refractivity contribution is 7.89. The van der Waals surface area contributed by atoms with Crippen LogP contribution in [0, 0.1) is 11.8 Å². The van der Waals surface area contributed by atoms with E-state index in [1.807, 2.05) is 0 Å². The molecule has 3 aliphatic rings. The first-order valence-electron chi connectivity index (χ1n) is 8.99. The van der Waals surface area contributed by atoms with E-state index in [1.54, 1.807) is 46.6 Å². The molecule has 6 nitrogen and oxygen atoms in total. The van der Waals surface area contributed by atoms with E-state index in [0.29, 0.717) is 30.0 Å². The van der Waals surface area contributed by atoms with Crippen LogP contribution in [0.4, 0.5) is 5.69 Å². The van der Waals surface area contributed by atoms with E-state index in [1.165, 1.54) is 0 Å². The largest absolute Gasteiger partial charge is 0.327 e. The number of hydrogen-bond donors (Lipinski definition) is 1. The topological polar surface area (TPSA) is 83.7 Å². The lowest BCUT2D eigenvalue weighted by Crippen LogP contribution is -2.33. The molecule has 2 fully saturated rings. The van der Waals surface area contributed by atoms with Gasteiger partial charge in [-0.15, -0.1) is 0 Å². The molecule has 2 aromatic rings. The van der Waals surface area contributed by atoms with E-state index in [0.717, 1.165) is 23.9 Å². The van der Waals surface area contributed by atoms with Crippen molar-refractivity contribution in [2.45, 2.75) is 23.8 Å². The minimum Gasteiger partial charge on any atom is -0.327 e. The molecule has 2 aromatic carbocycles. The van der Waals surface area contributed by atoms with Crippen LogP contribution >= 0.6 is 0 Å². The van der Waals surface area contributed by atoms with Crippen molar-refractivity contribution in [3.8, 4) is 0 Å². The fraction of sp³-hybridized carbons (Fsp3) is 0.421. The molecule has 1 saturated carbocycles. The molecule has 136 valence electrons. The van der Waals surface area contributed by atoms with Gasteiger partial charge in [-0.25, -0.2) is 8.42 Å². The first-order chi connectivity index (χ1) is 12.4. The van der Waals surface area contributed by atoms with E-state index >= 15 is 0 Å². The summed E-state index contributed by atoms with van der Waals surface area (Å²) in [6.45, 7) is 1.04. The quantitative estimate of drug-likeness (QED) is 0.872. The predicted octanol–water partition coefficient (Wildman–Crippen LogP) is 1.79. The third-order valence-corrected chi connectivity index (χ3v) is 8.26. The minimum absolute atomic E-state index is 0.0955. The van der Waals surface area contributed by atoms with E-state index in [4.69, 9.17) is 5.73 Å². The number of benzene rings is 2. The smallest absolute Gasteiger partial charge is 0.258 e. The number of carbonyl (C=O) groups excluding carboxylic acids is 1. The fourth-order valence-corrected chi connectivity index (χ4v) is 6.66. The van der Waals surface area contributed by atoms with Crippen molar-refractivity contribution < 1.29 is 13.2 Å². The standard InChI is InChI=1S/C19H21N3O3S/c1-21-16-7-8-17(12-3-2-4-13(18(12)16)19(21)23)26(24,25)22-9-11-5-6-15(20)14(11)10-22/h2-4,7-8,11,14-15H,5-6,9-10,20H2,1H3. The van der Waals surface area contributed by atoms with Gasteiger partial charge in [0.05, 0.1) is 10.6 Å². The summed E-state index contributed by atoms with van der Waals surface area (Å²) in [5.74, 6) is 0.528. The number of rotatable bonds is 2. The van der Waals surface area contributed by atoms with Gasteiger partial charge in [-0.05, 0) is 42.9 Å². The Morgan fingerprint density at radius 3 is 2.69 bits per heavy atom. The summed E-state index contributed by atoms with van der Waals surface area (Å²) < 4.78 is 28.3. The van der Waals surface area contributed by atoms with Crippen LogP contribution in [-0.4, -0.2) is 44.8 Å². The van der Waals surface area contributed by atoms with Gasteiger partial charge >= 0.3 is 0 Å². The number of sulfonamides is 1. The molecule has 1 aliphatic carbocycles. The van der Waals surface area contributed by atoms with Crippen molar-refractivity contribution in [1.82, 2.24) is 4.31 Å². The Kier molecular flexibility index (Phi) is 3.30. The van der Waals surface area contributed by atoms with Crippen molar-refractivity contribution >= 4 is 32.4 Å². The zero-order valence-electron chi connectivity index (χ0n) is 14.6. The van der Waals surface area contributed by atoms with Crippen LogP contribution in [0.5, 0.6) is 0 Å². The Balaban J connectivity index is 1.63. The normalized spacial score (nSPS) is 28.3. The number of nitrogens with zero attached hydrogens (tertiary/aromatic N) is 2. The number of nitrogens with two attached hydrogens (primary N) is 1. The van der Waals surface area contributed by atoms with Crippen molar-refractivity contribution in [3.05, 3.63) is 35.9 Å². The lowest BCUT2D eigenvalue weighted by atomic mass is 9.98. The molecule has 1 saturated heterocycles. The highest BCUT2D eigenvalue weighted by Crippen LogP contribution is 2.43. The van der Waals surface area contributed by atoms with E-state index < -0.39 is 10.0 Å². The monoisotopic (exact) mass is 371 g/mol. The first-order valence-corrected chi connectivity index (χ1v) is 10.4. The minimum atomic E-state index is -3.62. The molecule has 26 heavy (non-hydrogen) atoms. The first kappa shape index (κ1) is 16.2. The van der Waals surface area contributed by atoms with Gasteiger partial charge in [-0.1, -0.05) is 12.1 Å². The summed E-state index contributed by atoms with van der Waals surface area (Å²) >= 11 is 0. The number of carbonyl (C=O) groups is 1. The molecule has 5 rings (SSSR count). The fourth-order valence-electron chi connectivity index (χ4n) is 4.94. The van der Waals surface area contributed by atoms with E-state index in [-0.39, 0.29) is 22.8 Å². The summed E-state index contributed by atoms with van der Waals surface area (Å²) in [5.41, 5.74) is 7.50. The van der Waals surface area contributed by atoms with E-state index in [2.05, 4.69) is 0 Å². The van der Waals surface area contributed by atoms with Crippen LogP contribution in [-0.2, 0) is 10.0 Å². The van der Waals surface area contributed by atoms with Crippen LogP contribution in [0.1, 0.15) is 23.2 Å². The van der Waals surface area contributed by atoms with Crippen molar-refractivity contribution in [3.63, 3.8) is 0 Å². The Morgan fingerprint density at radius 2 is 1.92 bits per heavy atom. The number of fused-ring (bicyclic) bond motifs is 1. The molecule has 0 spiro atoms. The molecule has 3 unspecified atom stereocenters. The molecule has 2 N–H and O–H groups in total. The van der Waals surface area contributed by atoms with Crippen molar-refractivity contribution in [1.29, 1.82) is 0 Å². The Hall–Kier alpha value is -1.96. The molecule has 0 bridgehead atoms. The van der Waals surface area contributed by atoms with Gasteiger partial charge in [0.1, 0.15) is 0 Å². The molecule has 2 heterocycles. The maximum atomic E-state index is 13.4. The molecular weight excluding hydrogens is 350 g/mol. The predicted molar refractivity (Wildman–Crippen MR) is 99.6 cm³/mol. The third kappa shape index (κ3) is 1.99. The third-order valence-electron chi connectivity index (χ3n) is 6.37. The maximum Gasteiger partial charge on any atom is 0.258 e. The molecule has 1 amide bonds. The molecule has 0 radical (unpaired) electrons. The summed E-state index contributed by atoms with van der Waals surface area (Å²) in [6.07, 6.45) is 1.99. The van der Waals surface area contributed by atoms with Crippen LogP contribution in [0.25, 0.3) is 10.8 Å². The van der Waals surface area contributed by atoms with Gasteiger partial charge in [0.2, 0.25) is 10.0 Å². The van der Waals surface area contributed by atoms with Crippen LogP contribution < -0.4 is 10.6 Å². The zero-order chi connectivity index (χ0) is 18.2. The summed E-state index contributed by atoms with van der Waals surface area (Å²) in [6, 6.07) is 8.79. The lowest BCUT2D eigenvalue weighted by Gasteiger charge is -2.20. The molecule has 3 atom stereocenters. The lowest BCUT2D eigenvalue weighted by molar-refractivity contribution is 0.0999. The molecule has 2 aliphatic heterocycles. The second-order valence-electron chi connectivity index (χ2n) is 7.66. The summed E-state index contributed by atoms with van der Waals surface area (Å²) in [7, 11) is -1.91. The average molecular weight is 371 g/mol. The number of amides is 1. The molecule has 0 aromatic heterocycles. The van der Waals surface area contributed by atoms with Crippen LogP contribution in [0.2, 0.25) is 0 Å². The van der Waals surface area contributed by atoms with Crippen molar-refractivity contribution in [2.75, 3.05) is 25.0 Å². The van der Waals surface area contributed by atoms with Crippen LogP contribution in [0.15, 0.2) is 35.2 Å². The zero-order valence-corrected chi connectivity index (χ0v) is 15.4. The average Bonchev–Trinajstić information content (AvgIpc) is 3.27. The van der Waals surface area contributed by atoms with Gasteiger partial charge < -0.3 is 10.6 Å². The Morgan fingerprint density at radius 1 is 1.12 bits per heavy atom. The van der Waals surface area contributed by atoms with Gasteiger partial charge in [0, 0.05) is 42.5 Å². The highest BCUT2D eigenvalue weighted by Gasteiger charge is 2.45. The number of anilines is 1.